The highest BCUT2D eigenvalue weighted by molar-refractivity contribution is 7.13. The molecule has 1 rings (SSSR count). The van der Waals surface area contributed by atoms with Crippen LogP contribution in [0.4, 0.5) is 0 Å². The van der Waals surface area contributed by atoms with E-state index >= 15 is 0 Å². The monoisotopic (exact) mass is 183 g/mol. The van der Waals surface area contributed by atoms with Crippen molar-refractivity contribution >= 4 is 9.39 Å². The average molecular weight is 183 g/mol. The van der Waals surface area contributed by atoms with Crippen molar-refractivity contribution in [3.05, 3.63) is 35.9 Å². The molecular weight excluding hydrogens is 165 g/mol. The van der Waals surface area contributed by atoms with Crippen molar-refractivity contribution in [1.82, 2.24) is 5.09 Å². The van der Waals surface area contributed by atoms with Gasteiger partial charge >= 0.3 is 0 Å². The third-order valence-corrected chi connectivity index (χ3v) is 2.05. The fraction of sp³-hybridized carbons (Fsp3) is 0.400. The Hall–Kier alpha value is -0.390. The Labute approximate surface area is 77.8 Å². The summed E-state index contributed by atoms with van der Waals surface area (Å²) in [6, 6.07) is 10.8. The molecule has 0 spiro atoms. The lowest BCUT2D eigenvalue weighted by molar-refractivity contribution is 0.755. The Morgan fingerprint density at radius 1 is 1.17 bits per heavy atom. The molecule has 2 heteroatoms. The van der Waals surface area contributed by atoms with Gasteiger partial charge in [-0.25, -0.2) is 0 Å². The summed E-state index contributed by atoms with van der Waals surface area (Å²) in [5.41, 5.74) is 1.32. The van der Waals surface area contributed by atoms with E-state index in [-0.39, 0.29) is 0 Å². The first-order chi connectivity index (χ1) is 5.84. The summed E-state index contributed by atoms with van der Waals surface area (Å²) in [5, 5.41) is 3.10. The summed E-state index contributed by atoms with van der Waals surface area (Å²) in [5.74, 6) is 0. The molecule has 0 saturated heterocycles. The minimum Gasteiger partial charge on any atom is -0.294 e. The van der Waals surface area contributed by atoms with E-state index in [9.17, 15) is 0 Å². The van der Waals surface area contributed by atoms with E-state index in [0.717, 1.165) is 0 Å². The van der Waals surface area contributed by atoms with Crippen molar-refractivity contribution in [1.29, 1.82) is 0 Å². The zero-order chi connectivity index (χ0) is 9.40. The Balaban J connectivity index is 0.000000561. The molecule has 2 unspecified atom stereocenters. The predicted octanol–water partition coefficient (Wildman–Crippen LogP) is 3.15. The summed E-state index contributed by atoms with van der Waals surface area (Å²) in [7, 11) is 2.52. The number of benzene rings is 1. The van der Waals surface area contributed by atoms with Crippen LogP contribution < -0.4 is 5.09 Å². The number of rotatable bonds is 2. The van der Waals surface area contributed by atoms with Gasteiger partial charge in [0, 0.05) is 6.04 Å². The normalized spacial score (nSPS) is 11.3. The maximum Gasteiger partial charge on any atom is 0.0323 e. The number of nitrogens with one attached hydrogen (secondary N) is 1. The van der Waals surface area contributed by atoms with Gasteiger partial charge in [-0.2, -0.15) is 0 Å². The van der Waals surface area contributed by atoms with Crippen molar-refractivity contribution in [3.8, 4) is 0 Å². The van der Waals surface area contributed by atoms with Crippen LogP contribution in [0.25, 0.3) is 0 Å². The van der Waals surface area contributed by atoms with E-state index in [2.05, 4.69) is 33.5 Å². The second-order valence-corrected chi connectivity index (χ2v) is 2.63. The lowest BCUT2D eigenvalue weighted by Gasteiger charge is -2.08. The third-order valence-electron chi connectivity index (χ3n) is 1.55. The molecule has 12 heavy (non-hydrogen) atoms. The fourth-order valence-corrected chi connectivity index (χ4v) is 1.03. The first-order valence-electron chi connectivity index (χ1n) is 4.35. The molecule has 0 amide bonds. The molecule has 0 aliphatic heterocycles. The summed E-state index contributed by atoms with van der Waals surface area (Å²) >= 11 is 0. The second-order valence-electron chi connectivity index (χ2n) is 2.30. The van der Waals surface area contributed by atoms with E-state index < -0.39 is 0 Å². The van der Waals surface area contributed by atoms with Crippen molar-refractivity contribution in [2.45, 2.75) is 26.8 Å². The summed E-state index contributed by atoms with van der Waals surface area (Å²) < 4.78 is 0. The van der Waals surface area contributed by atoms with E-state index in [1.165, 1.54) is 5.56 Å². The molecule has 0 radical (unpaired) electrons. The molecule has 1 N–H and O–H groups in total. The molecule has 0 aliphatic rings. The molecule has 2 atom stereocenters. The van der Waals surface area contributed by atoms with Gasteiger partial charge in [0.25, 0.3) is 0 Å². The summed E-state index contributed by atoms with van der Waals surface area (Å²) in [4.78, 5) is 0. The third kappa shape index (κ3) is 3.85. The van der Waals surface area contributed by atoms with E-state index in [0.29, 0.717) is 6.04 Å². The van der Waals surface area contributed by atoms with Crippen molar-refractivity contribution in [2.75, 3.05) is 0 Å². The Kier molecular flexibility index (Phi) is 7.03. The molecule has 1 nitrogen and oxygen atoms in total. The molecular formula is C10H18NP. The van der Waals surface area contributed by atoms with Gasteiger partial charge in [-0.15, -0.1) is 0 Å². The van der Waals surface area contributed by atoms with Gasteiger partial charge in [-0.3, -0.25) is 5.09 Å². The standard InChI is InChI=1S/C8H12NP.C2H6/c1-7(9-10)8-5-3-2-4-6-8;1-2/h2-7,9H,10H2,1H3;1-2H3. The molecule has 0 bridgehead atoms. The van der Waals surface area contributed by atoms with Gasteiger partial charge < -0.3 is 0 Å². The summed E-state index contributed by atoms with van der Waals surface area (Å²) in [6.45, 7) is 6.13. The van der Waals surface area contributed by atoms with Crippen molar-refractivity contribution < 1.29 is 0 Å². The van der Waals surface area contributed by atoms with Crippen LogP contribution in [-0.2, 0) is 0 Å². The second kappa shape index (κ2) is 7.27. The molecule has 0 aliphatic carbocycles. The predicted molar refractivity (Wildman–Crippen MR) is 59.1 cm³/mol. The van der Waals surface area contributed by atoms with Crippen LogP contribution in [0.15, 0.2) is 30.3 Å². The highest BCUT2D eigenvalue weighted by atomic mass is 31.0. The molecule has 0 saturated carbocycles. The van der Waals surface area contributed by atoms with Gasteiger partial charge in [0.05, 0.1) is 0 Å². The fourth-order valence-electron chi connectivity index (χ4n) is 0.838. The number of hydrogen-bond acceptors (Lipinski definition) is 1. The minimum absolute atomic E-state index is 0.422. The van der Waals surface area contributed by atoms with E-state index in [1.807, 2.05) is 32.0 Å². The van der Waals surface area contributed by atoms with Gasteiger partial charge in [0.1, 0.15) is 0 Å². The molecule has 1 aromatic carbocycles. The highest BCUT2D eigenvalue weighted by Crippen LogP contribution is 2.11. The largest absolute Gasteiger partial charge is 0.294 e. The summed E-state index contributed by atoms with van der Waals surface area (Å²) in [6.07, 6.45) is 0. The van der Waals surface area contributed by atoms with Crippen LogP contribution in [0.2, 0.25) is 0 Å². The van der Waals surface area contributed by atoms with Crippen LogP contribution in [0.5, 0.6) is 0 Å². The van der Waals surface area contributed by atoms with E-state index in [4.69, 9.17) is 0 Å². The van der Waals surface area contributed by atoms with Crippen LogP contribution in [-0.4, -0.2) is 0 Å². The minimum atomic E-state index is 0.422. The maximum atomic E-state index is 3.10. The molecule has 68 valence electrons. The van der Waals surface area contributed by atoms with Gasteiger partial charge in [0.2, 0.25) is 0 Å². The van der Waals surface area contributed by atoms with E-state index in [1.54, 1.807) is 0 Å². The Morgan fingerprint density at radius 2 is 1.67 bits per heavy atom. The van der Waals surface area contributed by atoms with Gasteiger partial charge in [-0.1, -0.05) is 53.6 Å². The van der Waals surface area contributed by atoms with Crippen LogP contribution in [0.1, 0.15) is 32.4 Å². The van der Waals surface area contributed by atoms with Crippen molar-refractivity contribution in [3.63, 3.8) is 0 Å². The maximum absolute atomic E-state index is 3.10. The zero-order valence-corrected chi connectivity index (χ0v) is 9.20. The van der Waals surface area contributed by atoms with Crippen molar-refractivity contribution in [2.24, 2.45) is 0 Å². The Morgan fingerprint density at radius 3 is 2.08 bits per heavy atom. The number of hydrogen-bond donors (Lipinski definition) is 1. The smallest absolute Gasteiger partial charge is 0.0323 e. The lowest BCUT2D eigenvalue weighted by Crippen LogP contribution is -2.04. The Bertz CT molecular complexity index is 186. The SMILES string of the molecule is CC.CC(NP)c1ccccc1. The van der Waals surface area contributed by atoms with Crippen LogP contribution in [0, 0.1) is 0 Å². The quantitative estimate of drug-likeness (QED) is 0.694. The first kappa shape index (κ1) is 11.6. The zero-order valence-electron chi connectivity index (χ0n) is 8.04. The highest BCUT2D eigenvalue weighted by Gasteiger charge is 1.98. The average Bonchev–Trinajstić information content (AvgIpc) is 2.21. The van der Waals surface area contributed by atoms with Gasteiger partial charge in [-0.05, 0) is 12.5 Å². The van der Waals surface area contributed by atoms with Crippen LogP contribution in [0.3, 0.4) is 0 Å². The molecule has 0 fully saturated rings. The molecule has 0 heterocycles. The molecule has 1 aromatic rings. The van der Waals surface area contributed by atoms with Gasteiger partial charge in [0.15, 0.2) is 0 Å². The molecule has 0 aromatic heterocycles. The van der Waals surface area contributed by atoms with Crippen LogP contribution >= 0.6 is 9.39 Å². The lowest BCUT2D eigenvalue weighted by atomic mass is 10.1. The first-order valence-corrected chi connectivity index (χ1v) is 4.93. The topological polar surface area (TPSA) is 12.0 Å².